The highest BCUT2D eigenvalue weighted by atomic mass is 32.2. The van der Waals surface area contributed by atoms with Gasteiger partial charge in [0, 0.05) is 31.4 Å². The van der Waals surface area contributed by atoms with E-state index in [0.717, 1.165) is 25.7 Å². The molecule has 0 unspecified atom stereocenters. The molecule has 11 heteroatoms. The van der Waals surface area contributed by atoms with Gasteiger partial charge in [0.15, 0.2) is 0 Å². The van der Waals surface area contributed by atoms with Crippen LogP contribution in [0.4, 0.5) is 9.18 Å². The molecule has 1 aromatic carbocycles. The molecular weight excluding hydrogens is 487 g/mol. The van der Waals surface area contributed by atoms with Crippen molar-refractivity contribution in [2.24, 2.45) is 0 Å². The summed E-state index contributed by atoms with van der Waals surface area (Å²) in [6.45, 7) is 5.90. The van der Waals surface area contributed by atoms with Crippen molar-refractivity contribution in [3.05, 3.63) is 47.5 Å². The molecule has 36 heavy (non-hydrogen) atoms. The molecule has 2 aliphatic rings. The third-order valence-corrected chi connectivity index (χ3v) is 7.97. The second kappa shape index (κ2) is 11.7. The Hall–Kier alpha value is -2.50. The maximum absolute atomic E-state index is 14.3. The highest BCUT2D eigenvalue weighted by Crippen LogP contribution is 2.24. The minimum Gasteiger partial charge on any atom is -0.376 e. The summed E-state index contributed by atoms with van der Waals surface area (Å²) in [5.41, 5.74) is 0.663. The summed E-state index contributed by atoms with van der Waals surface area (Å²) in [6, 6.07) is 5.52. The number of hydrogen-bond acceptors (Lipinski definition) is 6. The molecule has 0 bridgehead atoms. The maximum atomic E-state index is 14.3. The fourth-order valence-electron chi connectivity index (χ4n) is 4.63. The lowest BCUT2D eigenvalue weighted by Crippen LogP contribution is -2.46. The minimum absolute atomic E-state index is 0.0574. The number of benzene rings is 1. The van der Waals surface area contributed by atoms with E-state index in [1.807, 2.05) is 13.8 Å². The molecule has 3 heterocycles. The zero-order chi connectivity index (χ0) is 25.7. The van der Waals surface area contributed by atoms with Gasteiger partial charge >= 0.3 is 6.03 Å². The fraction of sp³-hybridized carbons (Fsp3) is 0.600. The minimum atomic E-state index is -3.97. The molecule has 0 radical (unpaired) electrons. The highest BCUT2D eigenvalue weighted by molar-refractivity contribution is 7.90. The van der Waals surface area contributed by atoms with Gasteiger partial charge in [-0.05, 0) is 45.6 Å². The summed E-state index contributed by atoms with van der Waals surface area (Å²) < 4.78 is 54.2. The van der Waals surface area contributed by atoms with Gasteiger partial charge in [-0.25, -0.2) is 22.6 Å². The predicted octanol–water partition coefficient (Wildman–Crippen LogP) is 3.27. The van der Waals surface area contributed by atoms with E-state index >= 15 is 0 Å². The van der Waals surface area contributed by atoms with Crippen LogP contribution in [0.1, 0.15) is 50.8 Å². The van der Waals surface area contributed by atoms with Crippen molar-refractivity contribution in [1.29, 1.82) is 0 Å². The van der Waals surface area contributed by atoms with Gasteiger partial charge in [0.2, 0.25) is 15.0 Å². The summed E-state index contributed by atoms with van der Waals surface area (Å²) in [5.74, 6) is -1.08. The molecule has 0 saturated carbocycles. The van der Waals surface area contributed by atoms with Crippen molar-refractivity contribution in [3.8, 4) is 0 Å². The number of imidazole rings is 1. The number of nitrogens with zero attached hydrogens (tertiary/aromatic N) is 3. The number of rotatable bonds is 10. The maximum Gasteiger partial charge on any atom is 0.318 e. The first-order valence-corrected chi connectivity index (χ1v) is 14.2. The standard InChI is InChI=1S/C25H35FN4O5S/c1-18(2)28-24(31)29(15-21-8-5-11-34-21)14-20-13-27-25(30(20)16-22-9-6-12-35-22)36(32,33)17-19-7-3-4-10-23(19)26/h3-4,7,10,13,18,21-22H,5-6,8-9,11-12,14-17H2,1-2H3,(H,28,31)/t21-,22+/m1/s1. The van der Waals surface area contributed by atoms with Crippen LogP contribution in [0.3, 0.4) is 0 Å². The second-order valence-electron chi connectivity index (χ2n) is 9.75. The van der Waals surface area contributed by atoms with Crippen molar-refractivity contribution in [2.75, 3.05) is 19.8 Å². The van der Waals surface area contributed by atoms with Gasteiger partial charge in [0.05, 0.1) is 42.9 Å². The molecule has 198 valence electrons. The Morgan fingerprint density at radius 2 is 1.89 bits per heavy atom. The highest BCUT2D eigenvalue weighted by Gasteiger charge is 2.30. The second-order valence-corrected chi connectivity index (χ2v) is 11.6. The van der Waals surface area contributed by atoms with Crippen LogP contribution in [0, 0.1) is 5.82 Å². The monoisotopic (exact) mass is 522 g/mol. The predicted molar refractivity (Wildman–Crippen MR) is 132 cm³/mol. The molecule has 0 aliphatic carbocycles. The van der Waals surface area contributed by atoms with E-state index < -0.39 is 21.4 Å². The SMILES string of the molecule is CC(C)NC(=O)N(Cc1cnc(S(=O)(=O)Cc2ccccc2F)n1C[C@@H]1CCCO1)C[C@H]1CCCO1. The van der Waals surface area contributed by atoms with Gasteiger partial charge in [-0.2, -0.15) is 0 Å². The van der Waals surface area contributed by atoms with Crippen LogP contribution in [-0.4, -0.2) is 66.9 Å². The van der Waals surface area contributed by atoms with Crippen molar-refractivity contribution >= 4 is 15.9 Å². The molecule has 2 aromatic rings. The first-order chi connectivity index (χ1) is 17.2. The average molecular weight is 523 g/mol. The van der Waals surface area contributed by atoms with Crippen LogP contribution >= 0.6 is 0 Å². The number of carbonyl (C=O) groups excluding carboxylic acids is 1. The van der Waals surface area contributed by atoms with Gasteiger partial charge in [0.1, 0.15) is 5.82 Å². The smallest absolute Gasteiger partial charge is 0.318 e. The molecule has 1 aromatic heterocycles. The van der Waals surface area contributed by atoms with E-state index in [0.29, 0.717) is 32.0 Å². The number of sulfone groups is 1. The van der Waals surface area contributed by atoms with Gasteiger partial charge in [-0.3, -0.25) is 0 Å². The van der Waals surface area contributed by atoms with E-state index in [1.54, 1.807) is 15.5 Å². The molecular formula is C25H35FN4O5S. The lowest BCUT2D eigenvalue weighted by molar-refractivity contribution is 0.0768. The van der Waals surface area contributed by atoms with E-state index in [1.165, 1.54) is 24.4 Å². The number of aromatic nitrogens is 2. The van der Waals surface area contributed by atoms with E-state index in [2.05, 4.69) is 10.3 Å². The summed E-state index contributed by atoms with van der Waals surface area (Å²) in [7, 11) is -3.97. The Morgan fingerprint density at radius 3 is 2.53 bits per heavy atom. The first kappa shape index (κ1) is 26.6. The summed E-state index contributed by atoms with van der Waals surface area (Å²) in [4.78, 5) is 18.9. The molecule has 2 fully saturated rings. The van der Waals surface area contributed by atoms with E-state index in [-0.39, 0.29) is 41.5 Å². The molecule has 0 spiro atoms. The van der Waals surface area contributed by atoms with Gasteiger partial charge in [-0.1, -0.05) is 18.2 Å². The molecule has 2 aliphatic heterocycles. The third-order valence-electron chi connectivity index (χ3n) is 6.39. The average Bonchev–Trinajstić information content (AvgIpc) is 3.58. The normalized spacial score (nSPS) is 20.2. The number of nitrogens with one attached hydrogen (secondary N) is 1. The first-order valence-electron chi connectivity index (χ1n) is 12.5. The topological polar surface area (TPSA) is 103 Å². The Morgan fingerprint density at radius 1 is 1.19 bits per heavy atom. The number of urea groups is 1. The Balaban J connectivity index is 1.64. The quantitative estimate of drug-likeness (QED) is 0.514. The number of hydrogen-bond donors (Lipinski definition) is 1. The van der Waals surface area contributed by atoms with Crippen molar-refractivity contribution in [1.82, 2.24) is 19.8 Å². The number of carbonyl (C=O) groups is 1. The summed E-state index contributed by atoms with van der Waals surface area (Å²) in [5, 5.41) is 2.78. The van der Waals surface area contributed by atoms with Crippen molar-refractivity contribution in [2.45, 2.75) is 81.8 Å². The Kier molecular flexibility index (Phi) is 8.63. The molecule has 4 rings (SSSR count). The van der Waals surface area contributed by atoms with E-state index in [9.17, 15) is 17.6 Å². The lowest BCUT2D eigenvalue weighted by atomic mass is 10.2. The van der Waals surface area contributed by atoms with Crippen LogP contribution in [0.15, 0.2) is 35.6 Å². The largest absolute Gasteiger partial charge is 0.376 e. The van der Waals surface area contributed by atoms with Gasteiger partial charge in [0.25, 0.3) is 0 Å². The van der Waals surface area contributed by atoms with Crippen LogP contribution in [0.25, 0.3) is 0 Å². The van der Waals surface area contributed by atoms with Gasteiger partial charge < -0.3 is 24.3 Å². The van der Waals surface area contributed by atoms with Crippen molar-refractivity contribution < 1.29 is 27.1 Å². The number of amides is 2. The molecule has 2 atom stereocenters. The fourth-order valence-corrected chi connectivity index (χ4v) is 6.14. The lowest BCUT2D eigenvalue weighted by Gasteiger charge is -2.27. The van der Waals surface area contributed by atoms with Crippen molar-refractivity contribution in [3.63, 3.8) is 0 Å². The molecule has 2 amide bonds. The summed E-state index contributed by atoms with van der Waals surface area (Å²) >= 11 is 0. The Bertz CT molecular complexity index is 1140. The van der Waals surface area contributed by atoms with E-state index in [4.69, 9.17) is 9.47 Å². The Labute approximate surface area is 211 Å². The third kappa shape index (κ3) is 6.63. The van der Waals surface area contributed by atoms with Crippen LogP contribution in [0.5, 0.6) is 0 Å². The van der Waals surface area contributed by atoms with Gasteiger partial charge in [-0.15, -0.1) is 0 Å². The number of ether oxygens (including phenoxy) is 2. The molecule has 1 N–H and O–H groups in total. The van der Waals surface area contributed by atoms with Crippen LogP contribution in [-0.2, 0) is 38.2 Å². The van der Waals surface area contributed by atoms with Crippen LogP contribution in [0.2, 0.25) is 0 Å². The zero-order valence-corrected chi connectivity index (χ0v) is 21.7. The number of halogens is 1. The molecule has 9 nitrogen and oxygen atoms in total. The zero-order valence-electron chi connectivity index (χ0n) is 20.9. The molecule has 2 saturated heterocycles. The summed E-state index contributed by atoms with van der Waals surface area (Å²) in [6.07, 6.45) is 4.78. The van der Waals surface area contributed by atoms with Crippen LogP contribution < -0.4 is 5.32 Å².